The lowest BCUT2D eigenvalue weighted by Gasteiger charge is -2.02. The van der Waals surface area contributed by atoms with Gasteiger partial charge in [-0.2, -0.15) is 4.74 Å². The lowest BCUT2D eigenvalue weighted by atomic mass is 10.1. The number of fused-ring (bicyclic) bond motifs is 1. The molecule has 6 heteroatoms. The van der Waals surface area contributed by atoms with E-state index in [2.05, 4.69) is 4.72 Å². The van der Waals surface area contributed by atoms with Gasteiger partial charge in [-0.1, -0.05) is 0 Å². The molecule has 2 aliphatic rings. The number of allylic oxidation sites excluding steroid dienone is 1. The lowest BCUT2D eigenvalue weighted by Crippen LogP contribution is -2.24. The highest BCUT2D eigenvalue weighted by Crippen LogP contribution is 2.26. The Morgan fingerprint density at radius 3 is 3.15 bits per heavy atom. The van der Waals surface area contributed by atoms with Gasteiger partial charge in [0.05, 0.1) is 5.92 Å². The van der Waals surface area contributed by atoms with E-state index in [1.165, 1.54) is 6.21 Å². The Morgan fingerprint density at radius 2 is 2.38 bits per heavy atom. The average Bonchev–Trinajstić information content (AvgIpc) is 2.36. The summed E-state index contributed by atoms with van der Waals surface area (Å²) in [5.41, 5.74) is 0. The average molecular weight is 202 g/mol. The maximum atomic E-state index is 11.5. The Morgan fingerprint density at radius 1 is 1.62 bits per heavy atom. The van der Waals surface area contributed by atoms with Gasteiger partial charge < -0.3 is 5.21 Å². The fourth-order valence-electron chi connectivity index (χ4n) is 1.61. The van der Waals surface area contributed by atoms with Crippen molar-refractivity contribution in [2.75, 3.05) is 6.54 Å². The van der Waals surface area contributed by atoms with Gasteiger partial charge in [0.2, 0.25) is 10.0 Å². The van der Waals surface area contributed by atoms with Gasteiger partial charge in [0, 0.05) is 6.54 Å². The molecular weight excluding hydrogens is 192 g/mol. The highest BCUT2D eigenvalue weighted by Gasteiger charge is 2.35. The van der Waals surface area contributed by atoms with E-state index < -0.39 is 10.0 Å². The Hall–Kier alpha value is -0.880. The number of hydrogen-bond acceptors (Lipinski definition) is 3. The van der Waals surface area contributed by atoms with Crippen LogP contribution in [0.4, 0.5) is 0 Å². The molecule has 1 atom stereocenters. The molecule has 1 unspecified atom stereocenters. The van der Waals surface area contributed by atoms with Crippen LogP contribution in [0.15, 0.2) is 11.1 Å². The van der Waals surface area contributed by atoms with E-state index >= 15 is 0 Å². The van der Waals surface area contributed by atoms with Crippen molar-refractivity contribution >= 4 is 16.2 Å². The van der Waals surface area contributed by atoms with E-state index in [4.69, 9.17) is 0 Å². The van der Waals surface area contributed by atoms with Gasteiger partial charge in [0.1, 0.15) is 4.91 Å². The summed E-state index contributed by atoms with van der Waals surface area (Å²) in [6.07, 6.45) is 4.03. The predicted octanol–water partition coefficient (Wildman–Crippen LogP) is -0.248. The fourth-order valence-corrected chi connectivity index (χ4v) is 3.01. The van der Waals surface area contributed by atoms with E-state index in [1.807, 2.05) is 0 Å². The molecule has 0 bridgehead atoms. The Bertz CT molecular complexity index is 383. The third kappa shape index (κ3) is 1.47. The molecule has 5 nitrogen and oxygen atoms in total. The van der Waals surface area contributed by atoms with E-state index in [9.17, 15) is 13.6 Å². The summed E-state index contributed by atoms with van der Waals surface area (Å²) in [4.78, 5) is 0.208. The lowest BCUT2D eigenvalue weighted by molar-refractivity contribution is -0.370. The molecular formula is C7H10N2O3S. The monoisotopic (exact) mass is 202 g/mol. The number of rotatable bonds is 0. The van der Waals surface area contributed by atoms with E-state index in [0.29, 0.717) is 11.3 Å². The molecule has 0 aromatic carbocycles. The van der Waals surface area contributed by atoms with Crippen molar-refractivity contribution in [2.24, 2.45) is 5.92 Å². The number of sulfonamides is 1. The zero-order valence-corrected chi connectivity index (χ0v) is 7.75. The minimum atomic E-state index is -3.39. The predicted molar refractivity (Wildman–Crippen MR) is 47.4 cm³/mol. The van der Waals surface area contributed by atoms with Crippen LogP contribution in [-0.4, -0.2) is 25.9 Å². The van der Waals surface area contributed by atoms with Crippen LogP contribution in [0, 0.1) is 11.1 Å². The third-order valence-electron chi connectivity index (χ3n) is 2.24. The first kappa shape index (κ1) is 8.71. The summed E-state index contributed by atoms with van der Waals surface area (Å²) in [5.74, 6) is -0.225. The molecule has 0 aromatic heterocycles. The maximum Gasteiger partial charge on any atom is 0.243 e. The van der Waals surface area contributed by atoms with Crippen LogP contribution in [0.2, 0.25) is 0 Å². The van der Waals surface area contributed by atoms with E-state index in [0.717, 1.165) is 19.0 Å². The minimum Gasteiger partial charge on any atom is -0.619 e. The second-order valence-electron chi connectivity index (χ2n) is 3.19. The van der Waals surface area contributed by atoms with Crippen LogP contribution in [0.3, 0.4) is 0 Å². The molecule has 1 saturated heterocycles. The van der Waals surface area contributed by atoms with Gasteiger partial charge in [-0.15, -0.1) is 0 Å². The third-order valence-corrected chi connectivity index (χ3v) is 3.85. The van der Waals surface area contributed by atoms with Crippen molar-refractivity contribution in [1.82, 2.24) is 4.72 Å². The molecule has 0 aliphatic carbocycles. The molecule has 72 valence electrons. The molecule has 0 amide bonds. The number of hydroxylamine groups is 1. The summed E-state index contributed by atoms with van der Waals surface area (Å²) in [5, 5.41) is 10.9. The topological polar surface area (TPSA) is 72.2 Å². The summed E-state index contributed by atoms with van der Waals surface area (Å²) in [7, 11) is -3.39. The van der Waals surface area contributed by atoms with Crippen molar-refractivity contribution in [3.8, 4) is 0 Å². The summed E-state index contributed by atoms with van der Waals surface area (Å²) < 4.78 is 25.9. The minimum absolute atomic E-state index is 0.208. The molecule has 2 heterocycles. The molecule has 0 saturated carbocycles. The molecule has 2 aliphatic heterocycles. The zero-order valence-electron chi connectivity index (χ0n) is 6.93. The van der Waals surface area contributed by atoms with Gasteiger partial charge >= 0.3 is 0 Å². The first-order valence-corrected chi connectivity index (χ1v) is 5.60. The Labute approximate surface area is 76.4 Å². The largest absolute Gasteiger partial charge is 0.619 e. The summed E-state index contributed by atoms with van der Waals surface area (Å²) in [6, 6.07) is 0. The first-order chi connectivity index (χ1) is 6.09. The van der Waals surface area contributed by atoms with Crippen LogP contribution < -0.4 is 4.72 Å². The smallest absolute Gasteiger partial charge is 0.243 e. The van der Waals surface area contributed by atoms with Gasteiger partial charge in [-0.05, 0) is 12.8 Å². The van der Waals surface area contributed by atoms with Crippen LogP contribution >= 0.6 is 0 Å². The van der Waals surface area contributed by atoms with Crippen molar-refractivity contribution in [3.63, 3.8) is 0 Å². The molecule has 0 aromatic rings. The van der Waals surface area contributed by atoms with Crippen LogP contribution in [0.5, 0.6) is 0 Å². The van der Waals surface area contributed by atoms with Crippen LogP contribution in [0.25, 0.3) is 0 Å². The van der Waals surface area contributed by atoms with Gasteiger partial charge in [-0.25, -0.2) is 13.1 Å². The molecule has 1 N–H and O–H groups in total. The Balaban J connectivity index is 2.43. The van der Waals surface area contributed by atoms with Gasteiger partial charge in [0.25, 0.3) is 0 Å². The second kappa shape index (κ2) is 2.81. The van der Waals surface area contributed by atoms with Crippen molar-refractivity contribution < 1.29 is 13.2 Å². The van der Waals surface area contributed by atoms with Crippen LogP contribution in [-0.2, 0) is 10.0 Å². The number of nitrogens with one attached hydrogen (secondary N) is 1. The maximum absolute atomic E-state index is 11.5. The van der Waals surface area contributed by atoms with E-state index in [1.54, 1.807) is 0 Å². The van der Waals surface area contributed by atoms with Crippen molar-refractivity contribution in [2.45, 2.75) is 12.8 Å². The first-order valence-electron chi connectivity index (χ1n) is 4.11. The molecule has 2 rings (SSSR count). The summed E-state index contributed by atoms with van der Waals surface area (Å²) in [6.45, 7) is 0.461. The number of nitrogens with zero attached hydrogens (tertiary/aromatic N) is 1. The highest BCUT2D eigenvalue weighted by atomic mass is 32.2. The normalized spacial score (nSPS) is 31.5. The molecule has 13 heavy (non-hydrogen) atoms. The quantitative estimate of drug-likeness (QED) is 0.435. The Kier molecular flexibility index (Phi) is 1.88. The zero-order chi connectivity index (χ0) is 9.47. The van der Waals surface area contributed by atoms with Gasteiger partial charge in [0.15, 0.2) is 12.4 Å². The molecule has 1 fully saturated rings. The SMILES string of the molecule is O=S1(=O)NCCCC2C=[N+]([O-])C=C21. The fraction of sp³-hybridized carbons (Fsp3) is 0.571. The van der Waals surface area contributed by atoms with Crippen molar-refractivity contribution in [3.05, 3.63) is 16.3 Å². The second-order valence-corrected chi connectivity index (χ2v) is 4.95. The van der Waals surface area contributed by atoms with E-state index in [-0.39, 0.29) is 10.8 Å². The van der Waals surface area contributed by atoms with Gasteiger partial charge in [-0.3, -0.25) is 0 Å². The van der Waals surface area contributed by atoms with Crippen molar-refractivity contribution in [1.29, 1.82) is 0 Å². The highest BCUT2D eigenvalue weighted by molar-refractivity contribution is 7.93. The summed E-state index contributed by atoms with van der Waals surface area (Å²) >= 11 is 0. The standard InChI is InChI=1S/C7H10N2O3S/c10-9-4-6-2-1-3-8-13(11,12)7(6)5-9/h4-6,8H,1-3H2. The van der Waals surface area contributed by atoms with Crippen LogP contribution in [0.1, 0.15) is 12.8 Å². The number of hydrogen-bond donors (Lipinski definition) is 1. The molecule has 0 radical (unpaired) electrons. The molecule has 0 spiro atoms.